The van der Waals surface area contributed by atoms with Gasteiger partial charge >= 0.3 is 0 Å². The average Bonchev–Trinajstić information content (AvgIpc) is 2.26. The van der Waals surface area contributed by atoms with Crippen molar-refractivity contribution in [3.8, 4) is 0 Å². The van der Waals surface area contributed by atoms with Crippen molar-refractivity contribution < 1.29 is 0 Å². The number of nitrogens with zero attached hydrogens (tertiary/aromatic N) is 4. The summed E-state index contributed by atoms with van der Waals surface area (Å²) in [7, 11) is 2.16. The Morgan fingerprint density at radius 2 is 1.74 bits per heavy atom. The first-order chi connectivity index (χ1) is 8.83. The maximum atomic E-state index is 4.65. The molecule has 1 aliphatic heterocycles. The van der Waals surface area contributed by atoms with E-state index in [2.05, 4.69) is 59.0 Å². The molecule has 1 aromatic rings. The van der Waals surface area contributed by atoms with Crippen LogP contribution in [0.2, 0.25) is 0 Å². The molecule has 0 aliphatic carbocycles. The van der Waals surface area contributed by atoms with E-state index in [1.165, 1.54) is 0 Å². The molecule has 0 spiro atoms. The molecular formula is C14H25N5. The van der Waals surface area contributed by atoms with E-state index in [9.17, 15) is 0 Å². The third-order valence-electron chi connectivity index (χ3n) is 3.15. The third-order valence-corrected chi connectivity index (χ3v) is 3.15. The first kappa shape index (κ1) is 14.1. The van der Waals surface area contributed by atoms with Gasteiger partial charge in [0.15, 0.2) is 0 Å². The SMILES string of the molecule is Cc1cc(N2CCN(C)CC2)nc(NC(C)(C)C)n1. The first-order valence-corrected chi connectivity index (χ1v) is 6.91. The van der Waals surface area contributed by atoms with Crippen molar-refractivity contribution in [2.24, 2.45) is 0 Å². The Labute approximate surface area is 116 Å². The van der Waals surface area contributed by atoms with E-state index in [0.717, 1.165) is 43.6 Å². The summed E-state index contributed by atoms with van der Waals surface area (Å²) in [6, 6.07) is 2.07. The van der Waals surface area contributed by atoms with Crippen LogP contribution in [0.25, 0.3) is 0 Å². The van der Waals surface area contributed by atoms with Crippen LogP contribution >= 0.6 is 0 Å². The Kier molecular flexibility index (Phi) is 3.94. The van der Waals surface area contributed by atoms with Crippen LogP contribution in [0.3, 0.4) is 0 Å². The van der Waals surface area contributed by atoms with Gasteiger partial charge in [-0.15, -0.1) is 0 Å². The zero-order chi connectivity index (χ0) is 14.0. The van der Waals surface area contributed by atoms with Crippen molar-refractivity contribution in [1.82, 2.24) is 14.9 Å². The molecule has 0 saturated carbocycles. The standard InChI is InChI=1S/C14H25N5/c1-11-10-12(19-8-6-18(5)7-9-19)16-13(15-11)17-14(2,3)4/h10H,6-9H2,1-5H3,(H,15,16,17). The van der Waals surface area contributed by atoms with Crippen molar-refractivity contribution in [3.05, 3.63) is 11.8 Å². The molecule has 2 rings (SSSR count). The molecule has 19 heavy (non-hydrogen) atoms. The summed E-state index contributed by atoms with van der Waals surface area (Å²) >= 11 is 0. The van der Waals surface area contributed by atoms with Gasteiger partial charge in [0.1, 0.15) is 5.82 Å². The molecule has 1 N–H and O–H groups in total. The fourth-order valence-corrected chi connectivity index (χ4v) is 2.14. The van der Waals surface area contributed by atoms with Gasteiger partial charge < -0.3 is 15.1 Å². The summed E-state index contributed by atoms with van der Waals surface area (Å²) in [6.45, 7) is 12.6. The molecule has 1 aromatic heterocycles. The zero-order valence-corrected chi connectivity index (χ0v) is 12.7. The maximum absolute atomic E-state index is 4.65. The Hall–Kier alpha value is -1.36. The minimum absolute atomic E-state index is 0.0207. The predicted octanol–water partition coefficient (Wildman–Crippen LogP) is 1.75. The summed E-state index contributed by atoms with van der Waals surface area (Å²) < 4.78 is 0. The summed E-state index contributed by atoms with van der Waals surface area (Å²) in [4.78, 5) is 13.8. The summed E-state index contributed by atoms with van der Waals surface area (Å²) in [6.07, 6.45) is 0. The maximum Gasteiger partial charge on any atom is 0.225 e. The highest BCUT2D eigenvalue weighted by molar-refractivity contribution is 5.45. The Morgan fingerprint density at radius 3 is 2.32 bits per heavy atom. The van der Waals surface area contributed by atoms with Crippen molar-refractivity contribution in [3.63, 3.8) is 0 Å². The molecule has 1 fully saturated rings. The van der Waals surface area contributed by atoms with Crippen LogP contribution in [0.5, 0.6) is 0 Å². The third kappa shape index (κ3) is 4.06. The van der Waals surface area contributed by atoms with Gasteiger partial charge in [0, 0.05) is 43.5 Å². The van der Waals surface area contributed by atoms with Gasteiger partial charge in [-0.1, -0.05) is 0 Å². The zero-order valence-electron chi connectivity index (χ0n) is 12.7. The second-order valence-electron chi connectivity index (χ2n) is 6.36. The van der Waals surface area contributed by atoms with Gasteiger partial charge in [0.05, 0.1) is 0 Å². The van der Waals surface area contributed by atoms with E-state index in [1.807, 2.05) is 6.92 Å². The number of hydrogen-bond donors (Lipinski definition) is 1. The topological polar surface area (TPSA) is 44.3 Å². The van der Waals surface area contributed by atoms with Crippen LogP contribution in [0, 0.1) is 6.92 Å². The predicted molar refractivity (Wildman–Crippen MR) is 79.9 cm³/mol. The smallest absolute Gasteiger partial charge is 0.225 e. The molecule has 0 aromatic carbocycles. The van der Waals surface area contributed by atoms with Crippen LogP contribution in [0.1, 0.15) is 26.5 Å². The molecule has 5 heteroatoms. The molecule has 1 aliphatic rings. The number of anilines is 2. The molecule has 0 bridgehead atoms. The summed E-state index contributed by atoms with van der Waals surface area (Å²) in [5, 5.41) is 3.35. The molecule has 2 heterocycles. The van der Waals surface area contributed by atoms with Crippen molar-refractivity contribution >= 4 is 11.8 Å². The lowest BCUT2D eigenvalue weighted by Crippen LogP contribution is -2.45. The van der Waals surface area contributed by atoms with Crippen LogP contribution < -0.4 is 10.2 Å². The second-order valence-corrected chi connectivity index (χ2v) is 6.36. The molecular weight excluding hydrogens is 238 g/mol. The fourth-order valence-electron chi connectivity index (χ4n) is 2.14. The van der Waals surface area contributed by atoms with Crippen molar-refractivity contribution in [2.75, 3.05) is 43.4 Å². The van der Waals surface area contributed by atoms with Crippen LogP contribution in [0.4, 0.5) is 11.8 Å². The lowest BCUT2D eigenvalue weighted by molar-refractivity contribution is 0.312. The van der Waals surface area contributed by atoms with Crippen LogP contribution in [-0.2, 0) is 0 Å². The van der Waals surface area contributed by atoms with Crippen LogP contribution in [-0.4, -0.2) is 53.6 Å². The monoisotopic (exact) mass is 263 g/mol. The highest BCUT2D eigenvalue weighted by atomic mass is 15.3. The summed E-state index contributed by atoms with van der Waals surface area (Å²) in [5.41, 5.74) is 0.989. The fraction of sp³-hybridized carbons (Fsp3) is 0.714. The molecule has 5 nitrogen and oxygen atoms in total. The van der Waals surface area contributed by atoms with E-state index >= 15 is 0 Å². The quantitative estimate of drug-likeness (QED) is 0.880. The Morgan fingerprint density at radius 1 is 1.11 bits per heavy atom. The average molecular weight is 263 g/mol. The van der Waals surface area contributed by atoms with Gasteiger partial charge in [-0.2, -0.15) is 4.98 Å². The van der Waals surface area contributed by atoms with Crippen molar-refractivity contribution in [1.29, 1.82) is 0 Å². The molecule has 0 atom stereocenters. The van der Waals surface area contributed by atoms with E-state index in [0.29, 0.717) is 0 Å². The minimum Gasteiger partial charge on any atom is -0.354 e. The first-order valence-electron chi connectivity index (χ1n) is 6.91. The number of nitrogens with one attached hydrogen (secondary N) is 1. The molecule has 106 valence electrons. The normalized spacial score (nSPS) is 17.6. The second kappa shape index (κ2) is 5.33. The van der Waals surface area contributed by atoms with Gasteiger partial charge in [-0.05, 0) is 34.7 Å². The Bertz CT molecular complexity index is 430. The summed E-state index contributed by atoms with van der Waals surface area (Å²) in [5.74, 6) is 1.76. The lowest BCUT2D eigenvalue weighted by Gasteiger charge is -2.33. The van der Waals surface area contributed by atoms with Gasteiger partial charge in [-0.25, -0.2) is 4.98 Å². The van der Waals surface area contributed by atoms with E-state index in [1.54, 1.807) is 0 Å². The number of aryl methyl sites for hydroxylation is 1. The number of hydrogen-bond acceptors (Lipinski definition) is 5. The largest absolute Gasteiger partial charge is 0.354 e. The highest BCUT2D eigenvalue weighted by Gasteiger charge is 2.18. The van der Waals surface area contributed by atoms with Gasteiger partial charge in [0.25, 0.3) is 0 Å². The minimum atomic E-state index is -0.0207. The number of aromatic nitrogens is 2. The molecule has 1 saturated heterocycles. The lowest BCUT2D eigenvalue weighted by atomic mass is 10.1. The number of rotatable bonds is 2. The molecule has 0 radical (unpaired) electrons. The van der Waals surface area contributed by atoms with E-state index in [4.69, 9.17) is 0 Å². The van der Waals surface area contributed by atoms with Gasteiger partial charge in [0.2, 0.25) is 5.95 Å². The van der Waals surface area contributed by atoms with Gasteiger partial charge in [-0.3, -0.25) is 0 Å². The number of piperazine rings is 1. The van der Waals surface area contributed by atoms with E-state index < -0.39 is 0 Å². The molecule has 0 amide bonds. The van der Waals surface area contributed by atoms with E-state index in [-0.39, 0.29) is 5.54 Å². The number of likely N-dealkylation sites (N-methyl/N-ethyl adjacent to an activating group) is 1. The molecule has 0 unspecified atom stereocenters. The Balaban J connectivity index is 2.17. The highest BCUT2D eigenvalue weighted by Crippen LogP contribution is 2.18. The van der Waals surface area contributed by atoms with Crippen molar-refractivity contribution in [2.45, 2.75) is 33.2 Å². The van der Waals surface area contributed by atoms with Crippen LogP contribution in [0.15, 0.2) is 6.07 Å².